The van der Waals surface area contributed by atoms with Crippen molar-refractivity contribution in [1.82, 2.24) is 4.57 Å². The fourth-order valence-corrected chi connectivity index (χ4v) is 1.60. The van der Waals surface area contributed by atoms with E-state index in [2.05, 4.69) is 18.8 Å². The second-order valence-electron chi connectivity index (χ2n) is 4.00. The van der Waals surface area contributed by atoms with Crippen molar-refractivity contribution in [1.29, 1.82) is 0 Å². The van der Waals surface area contributed by atoms with E-state index in [-0.39, 0.29) is 11.0 Å². The van der Waals surface area contributed by atoms with Crippen molar-refractivity contribution < 1.29 is 5.48 Å². The SMILES string of the molecule is CCCN=CN(CCC)c1cccc(=O)n1C.O. The van der Waals surface area contributed by atoms with Crippen molar-refractivity contribution >= 4 is 12.2 Å². The van der Waals surface area contributed by atoms with Crippen molar-refractivity contribution in [2.75, 3.05) is 18.0 Å². The number of hydrogen-bond donors (Lipinski definition) is 0. The van der Waals surface area contributed by atoms with Crippen LogP contribution in [0.3, 0.4) is 0 Å². The molecule has 1 rings (SSSR count). The molecule has 5 heteroatoms. The van der Waals surface area contributed by atoms with Crippen LogP contribution in [-0.4, -0.2) is 29.5 Å². The van der Waals surface area contributed by atoms with Crippen molar-refractivity contribution in [3.8, 4) is 0 Å². The molecule has 0 saturated heterocycles. The molecular weight excluding hydrogens is 230 g/mol. The number of rotatable bonds is 6. The monoisotopic (exact) mass is 253 g/mol. The Hall–Kier alpha value is -1.62. The van der Waals surface area contributed by atoms with Crippen LogP contribution in [0.2, 0.25) is 0 Å². The Labute approximate surface area is 108 Å². The lowest BCUT2D eigenvalue weighted by molar-refractivity contribution is 0.804. The molecule has 2 N–H and O–H groups in total. The summed E-state index contributed by atoms with van der Waals surface area (Å²) >= 11 is 0. The maximum atomic E-state index is 11.6. The molecule has 0 unspecified atom stereocenters. The molecular formula is C13H23N3O2. The molecule has 0 fully saturated rings. The number of anilines is 1. The summed E-state index contributed by atoms with van der Waals surface area (Å²) < 4.78 is 1.65. The van der Waals surface area contributed by atoms with E-state index < -0.39 is 0 Å². The van der Waals surface area contributed by atoms with Crippen LogP contribution in [0.1, 0.15) is 26.7 Å². The van der Waals surface area contributed by atoms with Crippen LogP contribution < -0.4 is 10.5 Å². The van der Waals surface area contributed by atoms with Gasteiger partial charge in [-0.3, -0.25) is 14.4 Å². The van der Waals surface area contributed by atoms with Crippen LogP contribution in [0, 0.1) is 0 Å². The van der Waals surface area contributed by atoms with E-state index in [0.29, 0.717) is 0 Å². The molecule has 1 aromatic rings. The quantitative estimate of drug-likeness (QED) is 0.565. The Balaban J connectivity index is 0.00000289. The molecule has 1 aromatic heterocycles. The fourth-order valence-electron chi connectivity index (χ4n) is 1.60. The molecule has 0 aromatic carbocycles. The van der Waals surface area contributed by atoms with Gasteiger partial charge in [-0.25, -0.2) is 0 Å². The highest BCUT2D eigenvalue weighted by Crippen LogP contribution is 2.09. The van der Waals surface area contributed by atoms with Gasteiger partial charge in [-0.05, 0) is 18.9 Å². The summed E-state index contributed by atoms with van der Waals surface area (Å²) in [6.07, 6.45) is 3.88. The molecule has 0 aliphatic carbocycles. The minimum absolute atomic E-state index is 0. The third-order valence-electron chi connectivity index (χ3n) is 2.49. The third-order valence-corrected chi connectivity index (χ3v) is 2.49. The highest BCUT2D eigenvalue weighted by atomic mass is 16.1. The average molecular weight is 253 g/mol. The second kappa shape index (κ2) is 8.47. The van der Waals surface area contributed by atoms with Crippen LogP contribution >= 0.6 is 0 Å². The van der Waals surface area contributed by atoms with Gasteiger partial charge in [0.2, 0.25) is 0 Å². The molecule has 0 bridgehead atoms. The van der Waals surface area contributed by atoms with Crippen molar-refractivity contribution in [3.05, 3.63) is 28.6 Å². The topological polar surface area (TPSA) is 69.1 Å². The van der Waals surface area contributed by atoms with E-state index in [0.717, 1.165) is 31.7 Å². The van der Waals surface area contributed by atoms with Crippen molar-refractivity contribution in [2.24, 2.45) is 12.0 Å². The number of aliphatic imine (C=N–C) groups is 1. The first-order chi connectivity index (χ1) is 8.20. The molecule has 18 heavy (non-hydrogen) atoms. The van der Waals surface area contributed by atoms with Gasteiger partial charge in [0.15, 0.2) is 0 Å². The summed E-state index contributed by atoms with van der Waals surface area (Å²) in [5.41, 5.74) is 0.00694. The summed E-state index contributed by atoms with van der Waals surface area (Å²) in [4.78, 5) is 17.9. The maximum absolute atomic E-state index is 11.6. The number of aromatic nitrogens is 1. The summed E-state index contributed by atoms with van der Waals surface area (Å²) in [6.45, 7) is 5.90. The van der Waals surface area contributed by atoms with Gasteiger partial charge in [-0.1, -0.05) is 19.9 Å². The lowest BCUT2D eigenvalue weighted by atomic mass is 10.4. The predicted octanol–water partition coefficient (Wildman–Crippen LogP) is 1.22. The second-order valence-corrected chi connectivity index (χ2v) is 4.00. The minimum atomic E-state index is 0. The summed E-state index contributed by atoms with van der Waals surface area (Å²) in [5.74, 6) is 0.888. The van der Waals surface area contributed by atoms with E-state index in [9.17, 15) is 4.79 Å². The lowest BCUT2D eigenvalue weighted by Crippen LogP contribution is -2.29. The first-order valence-corrected chi connectivity index (χ1v) is 6.13. The van der Waals surface area contributed by atoms with Crippen LogP contribution in [0.25, 0.3) is 0 Å². The van der Waals surface area contributed by atoms with Crippen LogP contribution in [0.4, 0.5) is 5.82 Å². The van der Waals surface area contributed by atoms with Gasteiger partial charge in [0.1, 0.15) is 5.82 Å². The molecule has 102 valence electrons. The van der Waals surface area contributed by atoms with Crippen LogP contribution in [-0.2, 0) is 7.05 Å². The standard InChI is InChI=1S/C13H21N3O.H2O/c1-4-9-14-11-16(10-5-2)12-7-6-8-13(17)15(12)3;/h6-8,11H,4-5,9-10H2,1-3H3;1H2. The highest BCUT2D eigenvalue weighted by Gasteiger charge is 2.06. The molecule has 0 spiro atoms. The largest absolute Gasteiger partial charge is 0.412 e. The fraction of sp³-hybridized carbons (Fsp3) is 0.538. The summed E-state index contributed by atoms with van der Waals surface area (Å²) in [7, 11) is 1.79. The first kappa shape index (κ1) is 16.4. The van der Waals surface area contributed by atoms with Gasteiger partial charge in [-0.15, -0.1) is 0 Å². The van der Waals surface area contributed by atoms with E-state index >= 15 is 0 Å². The smallest absolute Gasteiger partial charge is 0.251 e. The Morgan fingerprint density at radius 1 is 1.33 bits per heavy atom. The highest BCUT2D eigenvalue weighted by molar-refractivity contribution is 5.77. The zero-order valence-corrected chi connectivity index (χ0v) is 11.4. The summed E-state index contributed by atoms with van der Waals surface area (Å²) in [5, 5.41) is 0. The lowest BCUT2D eigenvalue weighted by Gasteiger charge is -2.21. The normalized spacial score (nSPS) is 10.4. The van der Waals surface area contributed by atoms with Gasteiger partial charge >= 0.3 is 0 Å². The van der Waals surface area contributed by atoms with Crippen molar-refractivity contribution in [2.45, 2.75) is 26.7 Å². The zero-order valence-electron chi connectivity index (χ0n) is 11.4. The molecule has 0 aliphatic rings. The molecule has 1 heterocycles. The number of pyridine rings is 1. The Morgan fingerprint density at radius 2 is 2.06 bits per heavy atom. The molecule has 0 saturated carbocycles. The number of hydrogen-bond acceptors (Lipinski definition) is 2. The predicted molar refractivity (Wildman–Crippen MR) is 76.6 cm³/mol. The summed E-state index contributed by atoms with van der Waals surface area (Å²) in [6, 6.07) is 5.29. The van der Waals surface area contributed by atoms with E-state index in [1.54, 1.807) is 23.7 Å². The molecule has 0 atom stereocenters. The maximum Gasteiger partial charge on any atom is 0.251 e. The van der Waals surface area contributed by atoms with Gasteiger partial charge in [0.25, 0.3) is 5.56 Å². The van der Waals surface area contributed by atoms with Gasteiger partial charge in [-0.2, -0.15) is 0 Å². The van der Waals surface area contributed by atoms with E-state index in [1.165, 1.54) is 0 Å². The van der Waals surface area contributed by atoms with Gasteiger partial charge < -0.3 is 10.4 Å². The number of nitrogens with zero attached hydrogens (tertiary/aromatic N) is 3. The van der Waals surface area contributed by atoms with E-state index in [4.69, 9.17) is 0 Å². The van der Waals surface area contributed by atoms with E-state index in [1.807, 2.05) is 17.3 Å². The van der Waals surface area contributed by atoms with Gasteiger partial charge in [0.05, 0.1) is 6.34 Å². The Kier molecular flexibility index (Phi) is 7.71. The minimum Gasteiger partial charge on any atom is -0.412 e. The average Bonchev–Trinajstić information content (AvgIpc) is 2.32. The van der Waals surface area contributed by atoms with Crippen LogP contribution in [0.5, 0.6) is 0 Å². The molecule has 0 aliphatic heterocycles. The molecule has 0 amide bonds. The third kappa shape index (κ3) is 4.33. The van der Waals surface area contributed by atoms with Crippen molar-refractivity contribution in [3.63, 3.8) is 0 Å². The Morgan fingerprint density at radius 3 is 2.67 bits per heavy atom. The molecule has 5 nitrogen and oxygen atoms in total. The molecule has 0 radical (unpaired) electrons. The van der Waals surface area contributed by atoms with Gasteiger partial charge in [0, 0.05) is 26.2 Å². The Bertz CT molecular complexity index is 426. The van der Waals surface area contributed by atoms with Crippen LogP contribution in [0.15, 0.2) is 28.0 Å². The first-order valence-electron chi connectivity index (χ1n) is 6.13. The zero-order chi connectivity index (χ0) is 12.7.